The van der Waals surface area contributed by atoms with Crippen LogP contribution < -0.4 is 0 Å². The van der Waals surface area contributed by atoms with Gasteiger partial charge in [0.25, 0.3) is 0 Å². The van der Waals surface area contributed by atoms with Crippen LogP contribution in [-0.4, -0.2) is 19.1 Å². The zero-order chi connectivity index (χ0) is 20.9. The van der Waals surface area contributed by atoms with E-state index in [-0.39, 0.29) is 11.4 Å². The summed E-state index contributed by atoms with van der Waals surface area (Å²) in [6.07, 6.45) is 2.03. The number of benzene rings is 2. The van der Waals surface area contributed by atoms with Crippen molar-refractivity contribution in [1.82, 2.24) is 19.1 Å². The standard InChI is InChI=1S/C23H26F2N4/c1-6-29-19-8-7-15(13(2)3)10-17(19)27-20(29)9-14(4)16-11-18-23(22(25)21(16)24)28(5)12-26-18/h7-8,10-14H,6,9H2,1-5H3. The van der Waals surface area contributed by atoms with Gasteiger partial charge in [0.2, 0.25) is 0 Å². The van der Waals surface area contributed by atoms with Crippen molar-refractivity contribution in [3.05, 3.63) is 59.2 Å². The Morgan fingerprint density at radius 1 is 1.03 bits per heavy atom. The Bertz CT molecular complexity index is 1200. The number of nitrogens with zero attached hydrogens (tertiary/aromatic N) is 4. The fourth-order valence-corrected chi connectivity index (χ4v) is 4.07. The molecule has 0 aliphatic rings. The van der Waals surface area contributed by atoms with E-state index in [1.165, 1.54) is 16.5 Å². The third-order valence-electron chi connectivity index (χ3n) is 5.77. The van der Waals surface area contributed by atoms with Crippen molar-refractivity contribution in [2.45, 2.75) is 52.5 Å². The van der Waals surface area contributed by atoms with Crippen LogP contribution in [0.5, 0.6) is 0 Å². The van der Waals surface area contributed by atoms with E-state index in [0.717, 1.165) is 23.4 Å². The lowest BCUT2D eigenvalue weighted by molar-refractivity contribution is 0.493. The smallest absolute Gasteiger partial charge is 0.184 e. The molecule has 2 heterocycles. The van der Waals surface area contributed by atoms with E-state index >= 15 is 0 Å². The van der Waals surface area contributed by atoms with Crippen molar-refractivity contribution in [3.8, 4) is 0 Å². The molecule has 0 saturated carbocycles. The van der Waals surface area contributed by atoms with Gasteiger partial charge in [0.1, 0.15) is 11.3 Å². The monoisotopic (exact) mass is 396 g/mol. The molecule has 0 spiro atoms. The molecule has 2 aromatic carbocycles. The van der Waals surface area contributed by atoms with Crippen LogP contribution in [-0.2, 0) is 20.0 Å². The molecule has 0 fully saturated rings. The molecule has 152 valence electrons. The highest BCUT2D eigenvalue weighted by molar-refractivity contribution is 5.78. The van der Waals surface area contributed by atoms with Gasteiger partial charge in [-0.2, -0.15) is 0 Å². The van der Waals surface area contributed by atoms with E-state index in [1.54, 1.807) is 13.1 Å². The first kappa shape index (κ1) is 19.6. The molecule has 1 unspecified atom stereocenters. The summed E-state index contributed by atoms with van der Waals surface area (Å²) in [6.45, 7) is 9.07. The van der Waals surface area contributed by atoms with Crippen molar-refractivity contribution in [1.29, 1.82) is 0 Å². The third-order valence-corrected chi connectivity index (χ3v) is 5.77. The summed E-state index contributed by atoms with van der Waals surface area (Å²) in [4.78, 5) is 9.04. The zero-order valence-electron chi connectivity index (χ0n) is 17.5. The molecule has 0 radical (unpaired) electrons. The predicted octanol–water partition coefficient (Wildman–Crippen LogP) is 5.69. The normalized spacial score (nSPS) is 13.1. The zero-order valence-corrected chi connectivity index (χ0v) is 17.5. The summed E-state index contributed by atoms with van der Waals surface area (Å²) in [6, 6.07) is 8.03. The van der Waals surface area contributed by atoms with Crippen molar-refractivity contribution < 1.29 is 8.78 Å². The molecule has 1 atom stereocenters. The van der Waals surface area contributed by atoms with Gasteiger partial charge in [-0.3, -0.25) is 0 Å². The summed E-state index contributed by atoms with van der Waals surface area (Å²) in [5, 5.41) is 0. The molecule has 0 N–H and O–H groups in total. The fraction of sp³-hybridized carbons (Fsp3) is 0.391. The topological polar surface area (TPSA) is 35.6 Å². The summed E-state index contributed by atoms with van der Waals surface area (Å²) in [5.41, 5.74) is 4.27. The van der Waals surface area contributed by atoms with Gasteiger partial charge in [0, 0.05) is 20.0 Å². The van der Waals surface area contributed by atoms with Gasteiger partial charge in [-0.1, -0.05) is 26.8 Å². The first-order chi connectivity index (χ1) is 13.8. The lowest BCUT2D eigenvalue weighted by atomic mass is 9.96. The quantitative estimate of drug-likeness (QED) is 0.434. The van der Waals surface area contributed by atoms with Gasteiger partial charge >= 0.3 is 0 Å². The molecular weight excluding hydrogens is 370 g/mol. The van der Waals surface area contributed by atoms with Gasteiger partial charge in [-0.15, -0.1) is 0 Å². The second-order valence-electron chi connectivity index (χ2n) is 8.10. The minimum Gasteiger partial charge on any atom is -0.331 e. The number of hydrogen-bond donors (Lipinski definition) is 0. The van der Waals surface area contributed by atoms with Crippen molar-refractivity contribution >= 4 is 22.1 Å². The predicted molar refractivity (Wildman–Crippen MR) is 112 cm³/mol. The van der Waals surface area contributed by atoms with E-state index in [4.69, 9.17) is 4.98 Å². The first-order valence-corrected chi connectivity index (χ1v) is 10.1. The van der Waals surface area contributed by atoms with Gasteiger partial charge in [-0.25, -0.2) is 18.7 Å². The Morgan fingerprint density at radius 3 is 2.48 bits per heavy atom. The lowest BCUT2D eigenvalue weighted by Crippen LogP contribution is -2.09. The Labute approximate surface area is 169 Å². The van der Waals surface area contributed by atoms with Crippen LogP contribution in [0.4, 0.5) is 8.78 Å². The maximum atomic E-state index is 14.8. The molecule has 2 aromatic heterocycles. The van der Waals surface area contributed by atoms with Gasteiger partial charge < -0.3 is 9.13 Å². The van der Waals surface area contributed by atoms with Crippen molar-refractivity contribution in [2.75, 3.05) is 0 Å². The minimum atomic E-state index is -0.838. The molecule has 6 heteroatoms. The number of rotatable bonds is 5. The Balaban J connectivity index is 1.75. The number of aromatic nitrogens is 4. The number of imidazole rings is 2. The molecule has 0 amide bonds. The second-order valence-corrected chi connectivity index (χ2v) is 8.10. The molecule has 4 rings (SSSR count). The number of hydrogen-bond acceptors (Lipinski definition) is 2. The average Bonchev–Trinajstić information content (AvgIpc) is 3.23. The van der Waals surface area contributed by atoms with E-state index in [0.29, 0.717) is 23.4 Å². The molecule has 0 aliphatic heterocycles. The highest BCUT2D eigenvalue weighted by atomic mass is 19.2. The van der Waals surface area contributed by atoms with Gasteiger partial charge in [-0.05, 0) is 48.1 Å². The van der Waals surface area contributed by atoms with Crippen LogP contribution in [0.25, 0.3) is 22.1 Å². The van der Waals surface area contributed by atoms with Crippen LogP contribution in [0.15, 0.2) is 30.6 Å². The third kappa shape index (κ3) is 3.20. The largest absolute Gasteiger partial charge is 0.331 e. The number of aryl methyl sites for hydroxylation is 2. The lowest BCUT2D eigenvalue weighted by Gasteiger charge is -2.15. The Morgan fingerprint density at radius 2 is 1.79 bits per heavy atom. The molecule has 4 aromatic rings. The van der Waals surface area contributed by atoms with E-state index in [2.05, 4.69) is 48.5 Å². The first-order valence-electron chi connectivity index (χ1n) is 10.1. The van der Waals surface area contributed by atoms with Crippen molar-refractivity contribution in [2.24, 2.45) is 7.05 Å². The molecule has 0 saturated heterocycles. The highest BCUT2D eigenvalue weighted by Crippen LogP contribution is 2.31. The highest BCUT2D eigenvalue weighted by Gasteiger charge is 2.22. The van der Waals surface area contributed by atoms with Gasteiger partial charge in [0.15, 0.2) is 11.6 Å². The van der Waals surface area contributed by atoms with E-state index < -0.39 is 11.6 Å². The fourth-order valence-electron chi connectivity index (χ4n) is 4.07. The summed E-state index contributed by atoms with van der Waals surface area (Å²) in [7, 11) is 1.66. The summed E-state index contributed by atoms with van der Waals surface area (Å²) < 4.78 is 33.1. The van der Waals surface area contributed by atoms with E-state index in [9.17, 15) is 8.78 Å². The van der Waals surface area contributed by atoms with Crippen LogP contribution >= 0.6 is 0 Å². The summed E-state index contributed by atoms with van der Waals surface area (Å²) >= 11 is 0. The number of halogens is 2. The molecule has 4 nitrogen and oxygen atoms in total. The minimum absolute atomic E-state index is 0.195. The second kappa shape index (κ2) is 7.25. The van der Waals surface area contributed by atoms with Crippen LogP contribution in [0.2, 0.25) is 0 Å². The average molecular weight is 396 g/mol. The Hall–Kier alpha value is -2.76. The molecule has 0 bridgehead atoms. The maximum absolute atomic E-state index is 14.8. The van der Waals surface area contributed by atoms with Gasteiger partial charge in [0.05, 0.1) is 22.9 Å². The van der Waals surface area contributed by atoms with Crippen LogP contribution in [0, 0.1) is 11.6 Å². The van der Waals surface area contributed by atoms with Crippen LogP contribution in [0.1, 0.15) is 56.5 Å². The SMILES string of the molecule is CCn1c(CC(C)c2cc3ncn(C)c3c(F)c2F)nc2cc(C(C)C)ccc21. The Kier molecular flexibility index (Phi) is 4.89. The van der Waals surface area contributed by atoms with E-state index in [1.807, 2.05) is 6.92 Å². The van der Waals surface area contributed by atoms with Crippen molar-refractivity contribution in [3.63, 3.8) is 0 Å². The summed E-state index contributed by atoms with van der Waals surface area (Å²) in [5.74, 6) is -0.556. The molecule has 0 aliphatic carbocycles. The molecule has 29 heavy (non-hydrogen) atoms. The van der Waals surface area contributed by atoms with Crippen LogP contribution in [0.3, 0.4) is 0 Å². The maximum Gasteiger partial charge on any atom is 0.184 e. The molecular formula is C23H26F2N4. The number of fused-ring (bicyclic) bond motifs is 2.